The molecule has 0 aliphatic rings. The summed E-state index contributed by atoms with van der Waals surface area (Å²) < 4.78 is 19.0. The van der Waals surface area contributed by atoms with Gasteiger partial charge in [-0.05, 0) is 31.4 Å². The van der Waals surface area contributed by atoms with Crippen LogP contribution < -0.4 is 10.1 Å². The lowest BCUT2D eigenvalue weighted by Gasteiger charge is -2.20. The highest BCUT2D eigenvalue weighted by atomic mass is 19.1. The van der Waals surface area contributed by atoms with Gasteiger partial charge in [-0.2, -0.15) is 0 Å². The van der Waals surface area contributed by atoms with Crippen molar-refractivity contribution in [2.75, 3.05) is 13.7 Å². The van der Waals surface area contributed by atoms with E-state index in [1.165, 1.54) is 6.07 Å². The Kier molecular flexibility index (Phi) is 6.13. The summed E-state index contributed by atoms with van der Waals surface area (Å²) in [7, 11) is 1.55. The molecule has 1 rings (SSSR count). The fourth-order valence-corrected chi connectivity index (χ4v) is 2.03. The van der Waals surface area contributed by atoms with Crippen LogP contribution in [0.15, 0.2) is 18.2 Å². The second-order valence-electron chi connectivity index (χ2n) is 4.97. The smallest absolute Gasteiger partial charge is 0.131 e. The average molecular weight is 253 g/mol. The van der Waals surface area contributed by atoms with Crippen molar-refractivity contribution in [2.45, 2.75) is 39.7 Å². The van der Waals surface area contributed by atoms with Gasteiger partial charge in [-0.3, -0.25) is 0 Å². The van der Waals surface area contributed by atoms with Crippen LogP contribution in [0.25, 0.3) is 0 Å². The zero-order chi connectivity index (χ0) is 13.5. The second-order valence-corrected chi connectivity index (χ2v) is 4.97. The molecule has 1 atom stereocenters. The molecule has 0 radical (unpaired) electrons. The van der Waals surface area contributed by atoms with E-state index in [0.29, 0.717) is 11.7 Å². The molecule has 0 saturated heterocycles. The Hall–Kier alpha value is -1.09. The number of ether oxygens (including phenoxy) is 1. The van der Waals surface area contributed by atoms with E-state index in [1.807, 2.05) is 19.1 Å². The molecule has 0 aliphatic carbocycles. The van der Waals surface area contributed by atoms with Gasteiger partial charge < -0.3 is 10.1 Å². The van der Waals surface area contributed by atoms with E-state index in [0.717, 1.165) is 24.9 Å². The van der Waals surface area contributed by atoms with Crippen molar-refractivity contribution >= 4 is 0 Å². The number of halogens is 1. The molecule has 0 fully saturated rings. The van der Waals surface area contributed by atoms with Crippen molar-refractivity contribution < 1.29 is 9.13 Å². The molecule has 102 valence electrons. The van der Waals surface area contributed by atoms with E-state index in [1.54, 1.807) is 7.11 Å². The van der Waals surface area contributed by atoms with Gasteiger partial charge in [0.1, 0.15) is 11.6 Å². The van der Waals surface area contributed by atoms with Gasteiger partial charge in [0.25, 0.3) is 0 Å². The minimum Gasteiger partial charge on any atom is -0.497 e. The van der Waals surface area contributed by atoms with Crippen molar-refractivity contribution in [1.82, 2.24) is 5.32 Å². The van der Waals surface area contributed by atoms with Crippen LogP contribution in [0.1, 0.15) is 45.2 Å². The van der Waals surface area contributed by atoms with Gasteiger partial charge in [0, 0.05) is 17.7 Å². The number of hydrogen-bond acceptors (Lipinski definition) is 2. The normalized spacial score (nSPS) is 12.8. The van der Waals surface area contributed by atoms with Crippen LogP contribution in [0.5, 0.6) is 5.75 Å². The maximum absolute atomic E-state index is 14.0. The average Bonchev–Trinajstić information content (AvgIpc) is 2.34. The van der Waals surface area contributed by atoms with Crippen LogP contribution in [-0.2, 0) is 0 Å². The summed E-state index contributed by atoms with van der Waals surface area (Å²) >= 11 is 0. The van der Waals surface area contributed by atoms with Crippen LogP contribution >= 0.6 is 0 Å². The third-order valence-corrected chi connectivity index (χ3v) is 3.07. The molecule has 0 saturated carbocycles. The van der Waals surface area contributed by atoms with Gasteiger partial charge in [0.2, 0.25) is 0 Å². The molecule has 1 aromatic rings. The van der Waals surface area contributed by atoms with E-state index in [9.17, 15) is 4.39 Å². The minimum absolute atomic E-state index is 0.0864. The molecule has 0 bridgehead atoms. The molecule has 18 heavy (non-hydrogen) atoms. The summed E-state index contributed by atoms with van der Waals surface area (Å²) in [6.07, 6.45) is 2.04. The Bertz CT molecular complexity index is 366. The first-order valence-electron chi connectivity index (χ1n) is 6.65. The van der Waals surface area contributed by atoms with Crippen molar-refractivity contribution in [3.05, 3.63) is 29.6 Å². The maximum Gasteiger partial charge on any atom is 0.131 e. The molecule has 1 aromatic carbocycles. The van der Waals surface area contributed by atoms with E-state index < -0.39 is 0 Å². The van der Waals surface area contributed by atoms with Gasteiger partial charge in [0.15, 0.2) is 0 Å². The number of hydrogen-bond donors (Lipinski definition) is 1. The van der Waals surface area contributed by atoms with Crippen LogP contribution in [0.3, 0.4) is 0 Å². The van der Waals surface area contributed by atoms with E-state index in [4.69, 9.17) is 4.74 Å². The van der Waals surface area contributed by atoms with Crippen LogP contribution in [0.2, 0.25) is 0 Å². The largest absolute Gasteiger partial charge is 0.497 e. The highest BCUT2D eigenvalue weighted by molar-refractivity contribution is 5.30. The molecule has 2 nitrogen and oxygen atoms in total. The predicted octanol–water partition coefficient (Wildman–Crippen LogP) is 3.92. The molecule has 0 aromatic heterocycles. The number of rotatable bonds is 7. The summed E-state index contributed by atoms with van der Waals surface area (Å²) in [5.41, 5.74) is 0.735. The van der Waals surface area contributed by atoms with Crippen LogP contribution in [-0.4, -0.2) is 13.7 Å². The molecule has 3 heteroatoms. The highest BCUT2D eigenvalue weighted by Gasteiger charge is 2.15. The molecule has 0 heterocycles. The SMILES string of the molecule is CCNC(CCC(C)C)c1ccc(OC)cc1F. The molecule has 0 spiro atoms. The quantitative estimate of drug-likeness (QED) is 0.795. The topological polar surface area (TPSA) is 21.3 Å². The summed E-state index contributed by atoms with van der Waals surface area (Å²) in [5.74, 6) is 1.01. The Labute approximate surface area is 110 Å². The monoisotopic (exact) mass is 253 g/mol. The Morgan fingerprint density at radius 3 is 2.50 bits per heavy atom. The van der Waals surface area contributed by atoms with Crippen LogP contribution in [0, 0.1) is 11.7 Å². The molecule has 0 aliphatic heterocycles. The number of benzene rings is 1. The maximum atomic E-state index is 14.0. The molecule has 0 amide bonds. The molecule has 1 N–H and O–H groups in total. The molecule has 1 unspecified atom stereocenters. The van der Waals surface area contributed by atoms with Gasteiger partial charge >= 0.3 is 0 Å². The Balaban J connectivity index is 2.84. The van der Waals surface area contributed by atoms with Crippen LogP contribution in [0.4, 0.5) is 4.39 Å². The van der Waals surface area contributed by atoms with Crippen molar-refractivity contribution in [3.8, 4) is 5.75 Å². The number of methoxy groups -OCH3 is 1. The zero-order valence-corrected chi connectivity index (χ0v) is 11.8. The van der Waals surface area contributed by atoms with Gasteiger partial charge in [-0.1, -0.05) is 26.8 Å². The molecular weight excluding hydrogens is 229 g/mol. The summed E-state index contributed by atoms with van der Waals surface area (Å²) in [6.45, 7) is 7.26. The third kappa shape index (κ3) is 4.30. The van der Waals surface area contributed by atoms with E-state index in [-0.39, 0.29) is 11.9 Å². The van der Waals surface area contributed by atoms with Gasteiger partial charge in [-0.15, -0.1) is 0 Å². The lowest BCUT2D eigenvalue weighted by molar-refractivity contribution is 0.405. The summed E-state index contributed by atoms with van der Waals surface area (Å²) in [6, 6.07) is 5.18. The number of nitrogens with one attached hydrogen (secondary N) is 1. The van der Waals surface area contributed by atoms with Gasteiger partial charge in [-0.25, -0.2) is 4.39 Å². The van der Waals surface area contributed by atoms with Crippen molar-refractivity contribution in [3.63, 3.8) is 0 Å². The predicted molar refractivity (Wildman–Crippen MR) is 73.4 cm³/mol. The standard InChI is InChI=1S/C15H24FNO/c1-5-17-15(9-6-11(2)3)13-8-7-12(18-4)10-14(13)16/h7-8,10-11,15,17H,5-6,9H2,1-4H3. The highest BCUT2D eigenvalue weighted by Crippen LogP contribution is 2.26. The van der Waals surface area contributed by atoms with E-state index in [2.05, 4.69) is 19.2 Å². The minimum atomic E-state index is -0.191. The first kappa shape index (κ1) is 15.0. The van der Waals surface area contributed by atoms with Crippen molar-refractivity contribution in [2.24, 2.45) is 5.92 Å². The van der Waals surface area contributed by atoms with Crippen molar-refractivity contribution in [1.29, 1.82) is 0 Å². The fraction of sp³-hybridized carbons (Fsp3) is 0.600. The van der Waals surface area contributed by atoms with E-state index >= 15 is 0 Å². The first-order chi connectivity index (χ1) is 8.58. The zero-order valence-electron chi connectivity index (χ0n) is 11.8. The third-order valence-electron chi connectivity index (χ3n) is 3.07. The lowest BCUT2D eigenvalue weighted by Crippen LogP contribution is -2.22. The fourth-order valence-electron chi connectivity index (χ4n) is 2.03. The summed E-state index contributed by atoms with van der Waals surface area (Å²) in [5, 5.41) is 3.35. The molecular formula is C15H24FNO. The summed E-state index contributed by atoms with van der Waals surface area (Å²) in [4.78, 5) is 0. The lowest BCUT2D eigenvalue weighted by atomic mass is 9.97. The Morgan fingerprint density at radius 1 is 1.28 bits per heavy atom. The second kappa shape index (κ2) is 7.37. The Morgan fingerprint density at radius 2 is 2.00 bits per heavy atom. The first-order valence-corrected chi connectivity index (χ1v) is 6.65. The van der Waals surface area contributed by atoms with Gasteiger partial charge in [0.05, 0.1) is 7.11 Å².